The van der Waals surface area contributed by atoms with Crippen LogP contribution in [0.15, 0.2) is 72.4 Å². The number of nitrogens with zero attached hydrogens (tertiary/aromatic N) is 2. The van der Waals surface area contributed by atoms with E-state index in [0.29, 0.717) is 33.3 Å². The zero-order valence-electron chi connectivity index (χ0n) is 18.8. The lowest BCUT2D eigenvalue weighted by atomic mass is 10.0. The molecule has 1 aliphatic heterocycles. The summed E-state index contributed by atoms with van der Waals surface area (Å²) in [6.45, 7) is 1.78. The first-order chi connectivity index (χ1) is 15.8. The van der Waals surface area contributed by atoms with E-state index in [1.807, 2.05) is 49.3 Å². The van der Waals surface area contributed by atoms with Crippen molar-refractivity contribution in [1.82, 2.24) is 0 Å². The molecular weight excluding hydrogens is 438 g/mol. The Balaban J connectivity index is 1.85. The monoisotopic (exact) mass is 461 g/mol. The van der Waals surface area contributed by atoms with Crippen molar-refractivity contribution in [2.45, 2.75) is 6.92 Å². The molecule has 6 nitrogen and oxygen atoms in total. The number of imide groups is 1. The number of methoxy groups -OCH3 is 1. The third-order valence-corrected chi connectivity index (χ3v) is 6.00. The topological polar surface area (TPSA) is 61.9 Å². The Bertz CT molecular complexity index is 1270. The molecule has 3 aromatic carbocycles. The smallest absolute Gasteiger partial charge is 0.282 e. The number of hydrogen-bond donors (Lipinski definition) is 1. The maximum absolute atomic E-state index is 13.7. The number of nitrogens with one attached hydrogen (secondary N) is 1. The summed E-state index contributed by atoms with van der Waals surface area (Å²) in [7, 11) is 5.44. The fourth-order valence-corrected chi connectivity index (χ4v) is 3.96. The third-order valence-electron chi connectivity index (χ3n) is 5.59. The van der Waals surface area contributed by atoms with E-state index < -0.39 is 11.8 Å². The van der Waals surface area contributed by atoms with Crippen molar-refractivity contribution in [1.29, 1.82) is 0 Å². The van der Waals surface area contributed by atoms with Gasteiger partial charge in [0.25, 0.3) is 11.8 Å². The Morgan fingerprint density at radius 2 is 1.61 bits per heavy atom. The van der Waals surface area contributed by atoms with Crippen LogP contribution in [0.3, 0.4) is 0 Å². The standard InChI is InChI=1S/C26H24ClN3O3/c1-16-20(27)9-7-10-21(16)30-25(31)23(19-8-5-6-11-22(19)33-4)24(26(30)32)28-17-12-14-18(15-13-17)29(2)3/h5-15,28H,1-4H3. The lowest BCUT2D eigenvalue weighted by Crippen LogP contribution is -2.33. The highest BCUT2D eigenvalue weighted by Crippen LogP contribution is 2.39. The summed E-state index contributed by atoms with van der Waals surface area (Å²) in [6, 6.07) is 19.9. The second-order valence-corrected chi connectivity index (χ2v) is 8.25. The highest BCUT2D eigenvalue weighted by Gasteiger charge is 2.41. The van der Waals surface area contributed by atoms with Crippen LogP contribution in [0, 0.1) is 6.92 Å². The molecule has 168 valence electrons. The molecule has 2 amide bonds. The van der Waals surface area contributed by atoms with Gasteiger partial charge in [-0.2, -0.15) is 0 Å². The largest absolute Gasteiger partial charge is 0.496 e. The van der Waals surface area contributed by atoms with E-state index in [2.05, 4.69) is 5.32 Å². The van der Waals surface area contributed by atoms with Gasteiger partial charge in [0.05, 0.1) is 18.4 Å². The molecule has 3 aromatic rings. The molecule has 0 aliphatic carbocycles. The number of carbonyl (C=O) groups excluding carboxylic acids is 2. The van der Waals surface area contributed by atoms with Gasteiger partial charge in [0.15, 0.2) is 0 Å². The van der Waals surface area contributed by atoms with Crippen molar-refractivity contribution in [2.75, 3.05) is 36.3 Å². The van der Waals surface area contributed by atoms with Crippen LogP contribution in [0.4, 0.5) is 17.1 Å². The zero-order valence-corrected chi connectivity index (χ0v) is 19.6. The van der Waals surface area contributed by atoms with Crippen LogP contribution >= 0.6 is 11.6 Å². The van der Waals surface area contributed by atoms with Crippen molar-refractivity contribution in [2.24, 2.45) is 0 Å². The second kappa shape index (κ2) is 9.00. The number of rotatable bonds is 6. The summed E-state index contributed by atoms with van der Waals surface area (Å²) < 4.78 is 5.50. The number of para-hydroxylation sites is 1. The fourth-order valence-electron chi connectivity index (χ4n) is 3.79. The van der Waals surface area contributed by atoms with E-state index in [1.165, 1.54) is 12.0 Å². The summed E-state index contributed by atoms with van der Waals surface area (Å²) >= 11 is 6.29. The maximum Gasteiger partial charge on any atom is 0.282 e. The molecule has 0 atom stereocenters. The van der Waals surface area contributed by atoms with Gasteiger partial charge in [-0.25, -0.2) is 4.90 Å². The Labute approximate surface area is 198 Å². The molecule has 0 spiro atoms. The first kappa shape index (κ1) is 22.4. The quantitative estimate of drug-likeness (QED) is 0.516. The van der Waals surface area contributed by atoms with Crippen LogP contribution in [0.2, 0.25) is 5.02 Å². The van der Waals surface area contributed by atoms with Crippen molar-refractivity contribution in [3.63, 3.8) is 0 Å². The first-order valence-electron chi connectivity index (χ1n) is 10.4. The van der Waals surface area contributed by atoms with Crippen LogP contribution in [-0.2, 0) is 9.59 Å². The Kier molecular flexibility index (Phi) is 6.11. The van der Waals surface area contributed by atoms with Gasteiger partial charge < -0.3 is 15.0 Å². The van der Waals surface area contributed by atoms with Gasteiger partial charge >= 0.3 is 0 Å². The molecule has 0 unspecified atom stereocenters. The molecule has 0 bridgehead atoms. The predicted molar refractivity (Wildman–Crippen MR) is 133 cm³/mol. The van der Waals surface area contributed by atoms with Gasteiger partial charge in [-0.1, -0.05) is 35.9 Å². The fraction of sp³-hybridized carbons (Fsp3) is 0.154. The third kappa shape index (κ3) is 4.05. The number of ether oxygens (including phenoxy) is 1. The Morgan fingerprint density at radius 3 is 2.27 bits per heavy atom. The maximum atomic E-state index is 13.7. The molecule has 1 heterocycles. The average Bonchev–Trinajstić information content (AvgIpc) is 3.05. The molecule has 33 heavy (non-hydrogen) atoms. The van der Waals surface area contributed by atoms with Crippen LogP contribution in [0.5, 0.6) is 5.75 Å². The number of anilines is 3. The van der Waals surface area contributed by atoms with E-state index in [-0.39, 0.29) is 11.3 Å². The van der Waals surface area contributed by atoms with Crippen molar-refractivity contribution in [3.8, 4) is 5.75 Å². The van der Waals surface area contributed by atoms with Crippen molar-refractivity contribution < 1.29 is 14.3 Å². The van der Waals surface area contributed by atoms with Gasteiger partial charge in [-0.3, -0.25) is 9.59 Å². The lowest BCUT2D eigenvalue weighted by Gasteiger charge is -2.18. The van der Waals surface area contributed by atoms with Gasteiger partial charge in [0.1, 0.15) is 11.4 Å². The van der Waals surface area contributed by atoms with E-state index in [0.717, 1.165) is 5.69 Å². The van der Waals surface area contributed by atoms with Crippen molar-refractivity contribution >= 4 is 46.1 Å². The Morgan fingerprint density at radius 1 is 0.909 bits per heavy atom. The minimum absolute atomic E-state index is 0.182. The molecule has 0 fully saturated rings. The average molecular weight is 462 g/mol. The number of amides is 2. The summed E-state index contributed by atoms with van der Waals surface area (Å²) in [5, 5.41) is 3.66. The SMILES string of the molecule is COc1ccccc1C1=C(Nc2ccc(N(C)C)cc2)C(=O)N(c2cccc(Cl)c2C)C1=O. The number of halogens is 1. The highest BCUT2D eigenvalue weighted by molar-refractivity contribution is 6.47. The van der Waals surface area contributed by atoms with E-state index in [1.54, 1.807) is 43.3 Å². The summed E-state index contributed by atoms with van der Waals surface area (Å²) in [6.07, 6.45) is 0. The summed E-state index contributed by atoms with van der Waals surface area (Å²) in [5.41, 5.74) is 3.77. The van der Waals surface area contributed by atoms with Gasteiger partial charge in [0.2, 0.25) is 0 Å². The van der Waals surface area contributed by atoms with E-state index in [4.69, 9.17) is 16.3 Å². The van der Waals surface area contributed by atoms with Crippen molar-refractivity contribution in [3.05, 3.63) is 88.6 Å². The minimum Gasteiger partial charge on any atom is -0.496 e. The van der Waals surface area contributed by atoms with Crippen LogP contribution in [0.1, 0.15) is 11.1 Å². The minimum atomic E-state index is -0.456. The lowest BCUT2D eigenvalue weighted by molar-refractivity contribution is -0.120. The molecule has 1 aliphatic rings. The number of carbonyl (C=O) groups is 2. The number of hydrogen-bond acceptors (Lipinski definition) is 5. The molecule has 0 saturated carbocycles. The molecule has 0 saturated heterocycles. The zero-order chi connectivity index (χ0) is 23.7. The second-order valence-electron chi connectivity index (χ2n) is 7.85. The molecule has 0 radical (unpaired) electrons. The Hall–Kier alpha value is -3.77. The van der Waals surface area contributed by atoms with Gasteiger partial charge in [0, 0.05) is 36.1 Å². The summed E-state index contributed by atoms with van der Waals surface area (Å²) in [4.78, 5) is 30.5. The van der Waals surface area contributed by atoms with Gasteiger partial charge in [-0.05, 0) is 55.0 Å². The summed E-state index contributed by atoms with van der Waals surface area (Å²) in [5.74, 6) is -0.397. The van der Waals surface area contributed by atoms with Gasteiger partial charge in [-0.15, -0.1) is 0 Å². The van der Waals surface area contributed by atoms with Crippen LogP contribution < -0.4 is 19.9 Å². The van der Waals surface area contributed by atoms with Crippen LogP contribution in [0.25, 0.3) is 5.57 Å². The highest BCUT2D eigenvalue weighted by atomic mass is 35.5. The number of benzene rings is 3. The van der Waals surface area contributed by atoms with E-state index in [9.17, 15) is 9.59 Å². The molecule has 1 N–H and O–H groups in total. The molecule has 0 aromatic heterocycles. The molecule has 4 rings (SSSR count). The predicted octanol–water partition coefficient (Wildman–Crippen LogP) is 5.12. The molecule has 7 heteroatoms. The van der Waals surface area contributed by atoms with Crippen LogP contribution in [-0.4, -0.2) is 33.0 Å². The van der Waals surface area contributed by atoms with E-state index >= 15 is 0 Å². The normalized spacial score (nSPS) is 13.5. The first-order valence-corrected chi connectivity index (χ1v) is 10.8. The molecular formula is C26H24ClN3O3.